The number of aromatic nitrogens is 3. The number of hydrogen-bond donors (Lipinski definition) is 1. The van der Waals surface area contributed by atoms with Gasteiger partial charge in [-0.2, -0.15) is 0 Å². The molecule has 4 aromatic rings. The predicted octanol–water partition coefficient (Wildman–Crippen LogP) is 3.92. The fourth-order valence-corrected chi connectivity index (χ4v) is 3.49. The summed E-state index contributed by atoms with van der Waals surface area (Å²) in [5.74, 6) is 1.32. The number of carbonyl (C=O) groups is 1. The van der Waals surface area contributed by atoms with Gasteiger partial charge in [0.05, 0.1) is 17.6 Å². The molecule has 0 radical (unpaired) electrons. The molecule has 0 unspecified atom stereocenters. The van der Waals surface area contributed by atoms with E-state index < -0.39 is 0 Å². The van der Waals surface area contributed by atoms with Crippen molar-refractivity contribution < 1.29 is 4.79 Å². The highest BCUT2D eigenvalue weighted by molar-refractivity contribution is 5.95. The smallest absolute Gasteiger partial charge is 0.227 e. The van der Waals surface area contributed by atoms with Crippen molar-refractivity contribution in [2.45, 2.75) is 19.4 Å². The average Bonchev–Trinajstić information content (AvgIpc) is 3.37. The molecule has 2 aromatic heterocycles. The molecule has 5 rings (SSSR count). The average molecular weight is 344 g/mol. The molecule has 130 valence electrons. The van der Waals surface area contributed by atoms with Gasteiger partial charge in [-0.1, -0.05) is 18.2 Å². The standard InChI is InChI=1S/C21H20N4O/c1-24-19-9-8-16(22-21(26)15-6-7-15)12-17(19)23-20(24)13-25-11-10-14-4-2-3-5-18(14)25/h2-5,8-12,15H,6-7,13H2,1H3,(H,22,26). The molecule has 1 aliphatic carbocycles. The van der Waals surface area contributed by atoms with Gasteiger partial charge in [-0.05, 0) is 48.6 Å². The summed E-state index contributed by atoms with van der Waals surface area (Å²) in [5.41, 5.74) is 4.01. The number of anilines is 1. The van der Waals surface area contributed by atoms with Gasteiger partial charge >= 0.3 is 0 Å². The Kier molecular flexibility index (Phi) is 3.35. The molecule has 5 nitrogen and oxygen atoms in total. The zero-order chi connectivity index (χ0) is 17.7. The highest BCUT2D eigenvalue weighted by atomic mass is 16.2. The van der Waals surface area contributed by atoms with E-state index in [0.717, 1.165) is 35.4 Å². The maximum Gasteiger partial charge on any atom is 0.227 e. The van der Waals surface area contributed by atoms with E-state index in [1.807, 2.05) is 25.2 Å². The lowest BCUT2D eigenvalue weighted by Crippen LogP contribution is -2.13. The van der Waals surface area contributed by atoms with Crippen LogP contribution in [0.3, 0.4) is 0 Å². The number of imidazole rings is 1. The highest BCUT2D eigenvalue weighted by Gasteiger charge is 2.29. The maximum absolute atomic E-state index is 12.0. The monoisotopic (exact) mass is 344 g/mol. The van der Waals surface area contributed by atoms with E-state index in [1.54, 1.807) is 0 Å². The SMILES string of the molecule is Cn1c(Cn2ccc3ccccc32)nc2cc(NC(=O)C3CC3)ccc21. The molecule has 2 heterocycles. The Morgan fingerprint density at radius 2 is 2.00 bits per heavy atom. The Bertz CT molecular complexity index is 1130. The van der Waals surface area contributed by atoms with E-state index in [-0.39, 0.29) is 11.8 Å². The second kappa shape index (κ2) is 5.73. The minimum Gasteiger partial charge on any atom is -0.340 e. The number of carbonyl (C=O) groups excluding carboxylic acids is 1. The molecule has 1 saturated carbocycles. The number of rotatable bonds is 4. The topological polar surface area (TPSA) is 51.9 Å². The number of nitrogens with one attached hydrogen (secondary N) is 1. The lowest BCUT2D eigenvalue weighted by atomic mass is 10.2. The molecule has 0 atom stereocenters. The van der Waals surface area contributed by atoms with Crippen LogP contribution in [0.1, 0.15) is 18.7 Å². The lowest BCUT2D eigenvalue weighted by molar-refractivity contribution is -0.117. The molecule has 1 fully saturated rings. The van der Waals surface area contributed by atoms with E-state index in [0.29, 0.717) is 6.54 Å². The normalized spacial score (nSPS) is 14.2. The summed E-state index contributed by atoms with van der Waals surface area (Å²) in [5, 5.41) is 4.23. The van der Waals surface area contributed by atoms with Gasteiger partial charge in [-0.3, -0.25) is 4.79 Å². The van der Waals surface area contributed by atoms with Gasteiger partial charge in [0.2, 0.25) is 5.91 Å². The summed E-state index contributed by atoms with van der Waals surface area (Å²) >= 11 is 0. The van der Waals surface area contributed by atoms with Crippen molar-refractivity contribution in [2.75, 3.05) is 5.32 Å². The lowest BCUT2D eigenvalue weighted by Gasteiger charge is -2.06. The first kappa shape index (κ1) is 15.2. The Balaban J connectivity index is 1.47. The van der Waals surface area contributed by atoms with E-state index >= 15 is 0 Å². The van der Waals surface area contributed by atoms with Crippen LogP contribution in [0.4, 0.5) is 5.69 Å². The third kappa shape index (κ3) is 2.56. The van der Waals surface area contributed by atoms with Gasteiger partial charge in [0.15, 0.2) is 0 Å². The van der Waals surface area contributed by atoms with Crippen LogP contribution in [-0.4, -0.2) is 20.0 Å². The molecule has 0 aliphatic heterocycles. The molecule has 1 N–H and O–H groups in total. The molecule has 2 aromatic carbocycles. The van der Waals surface area contributed by atoms with Crippen LogP contribution < -0.4 is 5.32 Å². The molecular formula is C21H20N4O. The van der Waals surface area contributed by atoms with E-state index in [9.17, 15) is 4.79 Å². The molecule has 1 amide bonds. The van der Waals surface area contributed by atoms with Gasteiger partial charge in [0.1, 0.15) is 5.82 Å². The number of hydrogen-bond acceptors (Lipinski definition) is 2. The van der Waals surface area contributed by atoms with E-state index in [4.69, 9.17) is 4.98 Å². The number of nitrogens with zero attached hydrogens (tertiary/aromatic N) is 3. The third-order valence-electron chi connectivity index (χ3n) is 5.18. The first-order chi connectivity index (χ1) is 12.7. The summed E-state index contributed by atoms with van der Waals surface area (Å²) in [6.07, 6.45) is 4.12. The Morgan fingerprint density at radius 1 is 1.15 bits per heavy atom. The van der Waals surface area contributed by atoms with Crippen molar-refractivity contribution >= 4 is 33.5 Å². The fourth-order valence-electron chi connectivity index (χ4n) is 3.49. The Labute approximate surface area is 151 Å². The summed E-state index contributed by atoms with van der Waals surface area (Å²) in [4.78, 5) is 16.8. The van der Waals surface area contributed by atoms with Crippen molar-refractivity contribution in [1.29, 1.82) is 0 Å². The summed E-state index contributed by atoms with van der Waals surface area (Å²) < 4.78 is 4.34. The van der Waals surface area contributed by atoms with Crippen LogP contribution in [0.5, 0.6) is 0 Å². The van der Waals surface area contributed by atoms with Gasteiger partial charge in [-0.15, -0.1) is 0 Å². The molecule has 26 heavy (non-hydrogen) atoms. The largest absolute Gasteiger partial charge is 0.340 e. The van der Waals surface area contributed by atoms with Gasteiger partial charge in [0, 0.05) is 30.4 Å². The van der Waals surface area contributed by atoms with Crippen LogP contribution in [-0.2, 0) is 18.4 Å². The van der Waals surface area contributed by atoms with Gasteiger partial charge < -0.3 is 14.5 Å². The van der Waals surface area contributed by atoms with Crippen molar-refractivity contribution in [3.63, 3.8) is 0 Å². The predicted molar refractivity (Wildman–Crippen MR) is 103 cm³/mol. The highest BCUT2D eigenvalue weighted by Crippen LogP contribution is 2.30. The molecule has 0 bridgehead atoms. The quantitative estimate of drug-likeness (QED) is 0.610. The van der Waals surface area contributed by atoms with Gasteiger partial charge in [-0.25, -0.2) is 4.98 Å². The van der Waals surface area contributed by atoms with Crippen LogP contribution >= 0.6 is 0 Å². The third-order valence-corrected chi connectivity index (χ3v) is 5.18. The molecule has 0 spiro atoms. The number of para-hydroxylation sites is 1. The second-order valence-corrected chi connectivity index (χ2v) is 7.06. The second-order valence-electron chi connectivity index (χ2n) is 7.06. The first-order valence-corrected chi connectivity index (χ1v) is 8.99. The number of aryl methyl sites for hydroxylation is 1. The van der Waals surface area contributed by atoms with Crippen LogP contribution in [0.25, 0.3) is 21.9 Å². The van der Waals surface area contributed by atoms with Crippen LogP contribution in [0.2, 0.25) is 0 Å². The van der Waals surface area contributed by atoms with Crippen molar-refractivity contribution in [3.05, 3.63) is 60.6 Å². The molecule has 0 saturated heterocycles. The van der Waals surface area contributed by atoms with E-state index in [1.165, 1.54) is 10.9 Å². The van der Waals surface area contributed by atoms with Crippen molar-refractivity contribution in [1.82, 2.24) is 14.1 Å². The summed E-state index contributed by atoms with van der Waals surface area (Å²) in [7, 11) is 2.04. The molecular weight excluding hydrogens is 324 g/mol. The van der Waals surface area contributed by atoms with Crippen LogP contribution in [0, 0.1) is 5.92 Å². The van der Waals surface area contributed by atoms with Crippen LogP contribution in [0.15, 0.2) is 54.7 Å². The summed E-state index contributed by atoms with van der Waals surface area (Å²) in [6, 6.07) is 16.4. The Hall–Kier alpha value is -3.08. The zero-order valence-corrected chi connectivity index (χ0v) is 14.6. The summed E-state index contributed by atoms with van der Waals surface area (Å²) in [6.45, 7) is 0.711. The number of benzene rings is 2. The first-order valence-electron chi connectivity index (χ1n) is 8.99. The van der Waals surface area contributed by atoms with Crippen molar-refractivity contribution in [2.24, 2.45) is 13.0 Å². The number of fused-ring (bicyclic) bond motifs is 2. The molecule has 1 aliphatic rings. The maximum atomic E-state index is 12.0. The molecule has 5 heteroatoms. The Morgan fingerprint density at radius 3 is 2.85 bits per heavy atom. The minimum absolute atomic E-state index is 0.124. The van der Waals surface area contributed by atoms with E-state index in [2.05, 4.69) is 51.0 Å². The van der Waals surface area contributed by atoms with Gasteiger partial charge in [0.25, 0.3) is 0 Å². The minimum atomic E-state index is 0.124. The fraction of sp³-hybridized carbons (Fsp3) is 0.238. The number of amides is 1. The zero-order valence-electron chi connectivity index (χ0n) is 14.6. The van der Waals surface area contributed by atoms with Crippen molar-refractivity contribution in [3.8, 4) is 0 Å².